The Morgan fingerprint density at radius 2 is 2.19 bits per heavy atom. The van der Waals surface area contributed by atoms with Crippen LogP contribution in [0.3, 0.4) is 0 Å². The van der Waals surface area contributed by atoms with Crippen LogP contribution in [0.15, 0.2) is 35.8 Å². The van der Waals surface area contributed by atoms with E-state index in [1.54, 1.807) is 6.07 Å². The van der Waals surface area contributed by atoms with Crippen LogP contribution in [-0.2, 0) is 11.3 Å². The summed E-state index contributed by atoms with van der Waals surface area (Å²) in [5.41, 5.74) is 1.52. The largest absolute Gasteiger partial charge is 0.378 e. The topological polar surface area (TPSA) is 40.1 Å². The summed E-state index contributed by atoms with van der Waals surface area (Å²) in [6, 6.07) is 5.40. The van der Waals surface area contributed by atoms with Gasteiger partial charge in [-0.1, -0.05) is 12.1 Å². The Morgan fingerprint density at radius 3 is 2.85 bits per heavy atom. The Bertz CT molecular complexity index is 599. The third kappa shape index (κ3) is 6.02. The molecular weight excluding hydrogens is 331 g/mol. The minimum absolute atomic E-state index is 0.191. The summed E-state index contributed by atoms with van der Waals surface area (Å²) in [6.07, 6.45) is 3.95. The molecule has 0 spiro atoms. The molecule has 0 aliphatic carbocycles. The first kappa shape index (κ1) is 20.2. The van der Waals surface area contributed by atoms with Crippen LogP contribution in [0, 0.1) is 5.82 Å². The lowest BCUT2D eigenvalue weighted by Gasteiger charge is -2.29. The van der Waals surface area contributed by atoms with Gasteiger partial charge in [0, 0.05) is 33.2 Å². The molecule has 0 radical (unpaired) electrons. The van der Waals surface area contributed by atoms with Crippen LogP contribution < -0.4 is 10.2 Å². The number of unbranched alkanes of at least 4 members (excludes halogenated alkanes) is 1. The van der Waals surface area contributed by atoms with E-state index in [1.807, 2.05) is 37.1 Å². The molecule has 1 heterocycles. The number of nitrogens with one attached hydrogen (secondary N) is 1. The lowest BCUT2D eigenvalue weighted by atomic mass is 10.1. The predicted molar refractivity (Wildman–Crippen MR) is 106 cm³/mol. The zero-order valence-electron chi connectivity index (χ0n) is 16.0. The minimum Gasteiger partial charge on any atom is -0.378 e. The summed E-state index contributed by atoms with van der Waals surface area (Å²) in [6.45, 7) is 10.7. The second-order valence-corrected chi connectivity index (χ2v) is 6.41. The number of morpholine rings is 1. The van der Waals surface area contributed by atoms with E-state index in [1.165, 1.54) is 0 Å². The number of allylic oxidation sites excluding steroid dienone is 1. The fourth-order valence-corrected chi connectivity index (χ4v) is 2.92. The predicted octanol–water partition coefficient (Wildman–Crippen LogP) is 3.03. The van der Waals surface area contributed by atoms with Crippen molar-refractivity contribution in [3.63, 3.8) is 0 Å². The molecule has 5 nitrogen and oxygen atoms in total. The van der Waals surface area contributed by atoms with Crippen molar-refractivity contribution >= 4 is 11.6 Å². The molecule has 0 atom stereocenters. The number of nitrogens with zero attached hydrogens (tertiary/aromatic N) is 3. The lowest BCUT2D eigenvalue weighted by molar-refractivity contribution is 0.122. The van der Waals surface area contributed by atoms with Crippen molar-refractivity contribution in [2.24, 2.45) is 4.99 Å². The monoisotopic (exact) mass is 362 g/mol. The molecule has 1 fully saturated rings. The van der Waals surface area contributed by atoms with Gasteiger partial charge < -0.3 is 19.9 Å². The zero-order valence-corrected chi connectivity index (χ0v) is 16.0. The van der Waals surface area contributed by atoms with Gasteiger partial charge in [0.05, 0.1) is 25.4 Å². The standard InChI is InChI=1S/C20H31FN4O/c1-4-6-7-10-24(3)20(22-5-2)23-16-17-8-9-19(18(21)15-17)25-11-13-26-14-12-25/h4,8-9,15H,1,5-7,10-14,16H2,2-3H3,(H,22,23). The second-order valence-electron chi connectivity index (χ2n) is 6.41. The maximum Gasteiger partial charge on any atom is 0.193 e. The van der Waals surface area contributed by atoms with Gasteiger partial charge in [-0.05, 0) is 37.5 Å². The Labute approximate surface area is 156 Å². The molecule has 6 heteroatoms. The highest BCUT2D eigenvalue weighted by Gasteiger charge is 2.15. The van der Waals surface area contributed by atoms with Crippen molar-refractivity contribution in [1.82, 2.24) is 10.2 Å². The van der Waals surface area contributed by atoms with Gasteiger partial charge in [-0.3, -0.25) is 0 Å². The van der Waals surface area contributed by atoms with Crippen LogP contribution in [0.1, 0.15) is 25.3 Å². The number of benzene rings is 1. The summed E-state index contributed by atoms with van der Waals surface area (Å²) < 4.78 is 19.8. The highest BCUT2D eigenvalue weighted by molar-refractivity contribution is 5.79. The van der Waals surface area contributed by atoms with Gasteiger partial charge in [-0.25, -0.2) is 9.38 Å². The molecule has 1 N–H and O–H groups in total. The van der Waals surface area contributed by atoms with E-state index in [0.717, 1.165) is 50.5 Å². The van der Waals surface area contributed by atoms with Gasteiger partial charge in [0.15, 0.2) is 5.96 Å². The molecule has 1 aromatic rings. The molecular formula is C20H31FN4O. The third-order valence-electron chi connectivity index (χ3n) is 4.37. The molecule has 0 saturated carbocycles. The number of guanidine groups is 1. The van der Waals surface area contributed by atoms with Crippen molar-refractivity contribution in [3.05, 3.63) is 42.2 Å². The van der Waals surface area contributed by atoms with Gasteiger partial charge in [-0.2, -0.15) is 0 Å². The molecule has 26 heavy (non-hydrogen) atoms. The van der Waals surface area contributed by atoms with Crippen LogP contribution in [0.25, 0.3) is 0 Å². The smallest absolute Gasteiger partial charge is 0.193 e. The third-order valence-corrected chi connectivity index (χ3v) is 4.37. The van der Waals surface area contributed by atoms with E-state index in [0.29, 0.717) is 25.4 Å². The summed E-state index contributed by atoms with van der Waals surface area (Å²) >= 11 is 0. The highest BCUT2D eigenvalue weighted by Crippen LogP contribution is 2.22. The highest BCUT2D eigenvalue weighted by atomic mass is 19.1. The molecule has 0 bridgehead atoms. The first-order valence-electron chi connectivity index (χ1n) is 9.37. The van der Waals surface area contributed by atoms with Crippen molar-refractivity contribution in [2.45, 2.75) is 26.3 Å². The van der Waals surface area contributed by atoms with Crippen molar-refractivity contribution in [2.75, 3.05) is 51.3 Å². The number of halogens is 1. The number of hydrogen-bond acceptors (Lipinski definition) is 3. The minimum atomic E-state index is -0.191. The Balaban J connectivity index is 2.01. The van der Waals surface area contributed by atoms with Crippen LogP contribution in [0.2, 0.25) is 0 Å². The molecule has 1 aliphatic heterocycles. The average Bonchev–Trinajstić information content (AvgIpc) is 2.66. The molecule has 1 saturated heterocycles. The number of anilines is 1. The summed E-state index contributed by atoms with van der Waals surface area (Å²) in [7, 11) is 2.02. The van der Waals surface area contributed by atoms with Crippen molar-refractivity contribution in [3.8, 4) is 0 Å². The zero-order chi connectivity index (χ0) is 18.8. The molecule has 0 aromatic heterocycles. The fraction of sp³-hybridized carbons (Fsp3) is 0.550. The first-order chi connectivity index (χ1) is 12.7. The SMILES string of the molecule is C=CCCCN(C)C(=NCc1ccc(N2CCOCC2)c(F)c1)NCC. The van der Waals surface area contributed by atoms with E-state index >= 15 is 0 Å². The molecule has 1 aliphatic rings. The Morgan fingerprint density at radius 1 is 1.42 bits per heavy atom. The number of ether oxygens (including phenoxy) is 1. The van der Waals surface area contributed by atoms with Gasteiger partial charge in [-0.15, -0.1) is 6.58 Å². The summed E-state index contributed by atoms with van der Waals surface area (Å²) in [5.74, 6) is 0.651. The van der Waals surface area contributed by atoms with Gasteiger partial charge in [0.2, 0.25) is 0 Å². The Hall–Kier alpha value is -2.08. The number of aliphatic imine (C=N–C) groups is 1. The first-order valence-corrected chi connectivity index (χ1v) is 9.37. The average molecular weight is 362 g/mol. The van der Waals surface area contributed by atoms with Crippen LogP contribution >= 0.6 is 0 Å². The van der Waals surface area contributed by atoms with E-state index in [-0.39, 0.29) is 5.82 Å². The molecule has 1 aromatic carbocycles. The van der Waals surface area contributed by atoms with E-state index in [4.69, 9.17) is 4.74 Å². The Kier molecular flexibility index (Phi) is 8.41. The van der Waals surface area contributed by atoms with Crippen LogP contribution in [-0.4, -0.2) is 57.3 Å². The summed E-state index contributed by atoms with van der Waals surface area (Å²) in [5, 5.41) is 3.29. The normalized spacial score (nSPS) is 15.0. The van der Waals surface area contributed by atoms with E-state index < -0.39 is 0 Å². The molecule has 144 valence electrons. The lowest BCUT2D eigenvalue weighted by Crippen LogP contribution is -2.39. The molecule has 0 amide bonds. The number of rotatable bonds is 8. The molecule has 0 unspecified atom stereocenters. The van der Waals surface area contributed by atoms with E-state index in [2.05, 4.69) is 21.8 Å². The maximum absolute atomic E-state index is 14.5. The van der Waals surface area contributed by atoms with Crippen LogP contribution in [0.5, 0.6) is 0 Å². The van der Waals surface area contributed by atoms with Gasteiger partial charge >= 0.3 is 0 Å². The quantitative estimate of drug-likeness (QED) is 0.334. The van der Waals surface area contributed by atoms with Crippen LogP contribution in [0.4, 0.5) is 10.1 Å². The molecule has 2 rings (SSSR count). The fourth-order valence-electron chi connectivity index (χ4n) is 2.92. The summed E-state index contributed by atoms with van der Waals surface area (Å²) in [4.78, 5) is 8.78. The maximum atomic E-state index is 14.5. The van der Waals surface area contributed by atoms with E-state index in [9.17, 15) is 4.39 Å². The second kappa shape index (κ2) is 10.8. The van der Waals surface area contributed by atoms with Gasteiger partial charge in [0.1, 0.15) is 5.82 Å². The van der Waals surface area contributed by atoms with Crippen molar-refractivity contribution < 1.29 is 9.13 Å². The van der Waals surface area contributed by atoms with Crippen molar-refractivity contribution in [1.29, 1.82) is 0 Å². The number of hydrogen-bond donors (Lipinski definition) is 1. The van der Waals surface area contributed by atoms with Gasteiger partial charge in [0.25, 0.3) is 0 Å².